The Morgan fingerprint density at radius 1 is 1.09 bits per heavy atom. The van der Waals surface area contributed by atoms with Gasteiger partial charge in [0.1, 0.15) is 0 Å². The Labute approximate surface area is 138 Å². The first-order valence-corrected chi connectivity index (χ1v) is 8.39. The van der Waals surface area contributed by atoms with Crippen LogP contribution in [0.2, 0.25) is 0 Å². The van der Waals surface area contributed by atoms with Crippen molar-refractivity contribution in [3.05, 3.63) is 65.0 Å². The van der Waals surface area contributed by atoms with Gasteiger partial charge in [0, 0.05) is 17.7 Å². The van der Waals surface area contributed by atoms with Gasteiger partial charge in [0.25, 0.3) is 5.91 Å². The van der Waals surface area contributed by atoms with Gasteiger partial charge in [0.15, 0.2) is 0 Å². The van der Waals surface area contributed by atoms with Crippen molar-refractivity contribution in [1.82, 2.24) is 10.3 Å². The van der Waals surface area contributed by atoms with Crippen LogP contribution in [0, 0.1) is 13.8 Å². The van der Waals surface area contributed by atoms with Gasteiger partial charge in [-0.05, 0) is 44.4 Å². The number of rotatable bonds is 4. The number of aromatic nitrogens is 1. The molecule has 1 aliphatic carbocycles. The van der Waals surface area contributed by atoms with Gasteiger partial charge in [0.2, 0.25) is 0 Å². The average Bonchev–Trinajstić information content (AvgIpc) is 3.04. The number of pyridine rings is 1. The topological polar surface area (TPSA) is 42.0 Å². The molecule has 23 heavy (non-hydrogen) atoms. The highest BCUT2D eigenvalue weighted by molar-refractivity contribution is 5.95. The minimum Gasteiger partial charge on any atom is -0.351 e. The molecule has 1 fully saturated rings. The molecule has 1 aliphatic rings. The highest BCUT2D eigenvalue weighted by atomic mass is 16.1. The van der Waals surface area contributed by atoms with E-state index in [0.717, 1.165) is 24.2 Å². The Morgan fingerprint density at radius 3 is 2.43 bits per heavy atom. The van der Waals surface area contributed by atoms with E-state index >= 15 is 0 Å². The van der Waals surface area contributed by atoms with E-state index in [0.29, 0.717) is 12.1 Å². The van der Waals surface area contributed by atoms with E-state index in [-0.39, 0.29) is 11.3 Å². The molecular formula is C20H24N2O. The predicted molar refractivity (Wildman–Crippen MR) is 92.6 cm³/mol. The summed E-state index contributed by atoms with van der Waals surface area (Å²) in [6.07, 6.45) is 4.75. The van der Waals surface area contributed by atoms with Crippen LogP contribution < -0.4 is 5.32 Å². The molecule has 0 bridgehead atoms. The van der Waals surface area contributed by atoms with E-state index in [2.05, 4.69) is 34.6 Å². The molecule has 0 unspecified atom stereocenters. The molecule has 3 nitrogen and oxygen atoms in total. The smallest absolute Gasteiger partial charge is 0.253 e. The van der Waals surface area contributed by atoms with Gasteiger partial charge in [-0.2, -0.15) is 0 Å². The summed E-state index contributed by atoms with van der Waals surface area (Å²) < 4.78 is 0. The number of hydrogen-bond acceptors (Lipinski definition) is 2. The maximum Gasteiger partial charge on any atom is 0.253 e. The van der Waals surface area contributed by atoms with Gasteiger partial charge in [-0.1, -0.05) is 43.2 Å². The minimum absolute atomic E-state index is 0.0165. The summed E-state index contributed by atoms with van der Waals surface area (Å²) in [4.78, 5) is 16.9. The Hall–Kier alpha value is -2.16. The number of carbonyl (C=O) groups is 1. The molecule has 0 spiro atoms. The van der Waals surface area contributed by atoms with Crippen LogP contribution in [-0.4, -0.2) is 17.4 Å². The summed E-state index contributed by atoms with van der Waals surface area (Å²) >= 11 is 0. The number of carbonyl (C=O) groups excluding carboxylic acids is 1. The van der Waals surface area contributed by atoms with Crippen molar-refractivity contribution >= 4 is 5.91 Å². The summed E-state index contributed by atoms with van der Waals surface area (Å²) in [6.45, 7) is 4.53. The van der Waals surface area contributed by atoms with Gasteiger partial charge in [0.05, 0.1) is 11.3 Å². The van der Waals surface area contributed by atoms with Crippen molar-refractivity contribution in [2.24, 2.45) is 0 Å². The summed E-state index contributed by atoms with van der Waals surface area (Å²) in [7, 11) is 0. The third-order valence-corrected chi connectivity index (χ3v) is 5.00. The monoisotopic (exact) mass is 308 g/mol. The summed E-state index contributed by atoms with van der Waals surface area (Å²) in [6, 6.07) is 14.4. The molecule has 3 heteroatoms. The van der Waals surface area contributed by atoms with E-state index < -0.39 is 0 Å². The van der Waals surface area contributed by atoms with E-state index in [9.17, 15) is 4.79 Å². The molecule has 1 N–H and O–H groups in total. The molecule has 0 radical (unpaired) electrons. The molecule has 1 saturated carbocycles. The number of aryl methyl sites for hydroxylation is 2. The van der Waals surface area contributed by atoms with Crippen LogP contribution >= 0.6 is 0 Å². The Morgan fingerprint density at radius 2 is 1.78 bits per heavy atom. The first-order valence-electron chi connectivity index (χ1n) is 8.39. The van der Waals surface area contributed by atoms with E-state index in [1.54, 1.807) is 0 Å². The lowest BCUT2D eigenvalue weighted by Gasteiger charge is -2.30. The number of benzene rings is 1. The quantitative estimate of drug-likeness (QED) is 0.929. The lowest BCUT2D eigenvalue weighted by Crippen LogP contribution is -2.39. The van der Waals surface area contributed by atoms with Crippen LogP contribution in [0.1, 0.15) is 53.0 Å². The fourth-order valence-electron chi connectivity index (χ4n) is 3.68. The van der Waals surface area contributed by atoms with Crippen LogP contribution in [0.5, 0.6) is 0 Å². The van der Waals surface area contributed by atoms with E-state index in [1.165, 1.54) is 18.4 Å². The third kappa shape index (κ3) is 3.29. The van der Waals surface area contributed by atoms with Gasteiger partial charge < -0.3 is 5.32 Å². The van der Waals surface area contributed by atoms with Gasteiger partial charge in [-0.3, -0.25) is 9.78 Å². The van der Waals surface area contributed by atoms with Crippen LogP contribution in [0.25, 0.3) is 0 Å². The zero-order valence-electron chi connectivity index (χ0n) is 13.9. The second-order valence-corrected chi connectivity index (χ2v) is 6.62. The molecule has 0 atom stereocenters. The maximum absolute atomic E-state index is 12.6. The number of amides is 1. The number of hydrogen-bond donors (Lipinski definition) is 1. The van der Waals surface area contributed by atoms with E-state index in [4.69, 9.17) is 0 Å². The number of nitrogens with zero attached hydrogens (tertiary/aromatic N) is 1. The molecule has 0 saturated heterocycles. The van der Waals surface area contributed by atoms with Crippen molar-refractivity contribution in [3.8, 4) is 0 Å². The van der Waals surface area contributed by atoms with Crippen molar-refractivity contribution in [2.75, 3.05) is 6.54 Å². The van der Waals surface area contributed by atoms with Gasteiger partial charge in [-0.25, -0.2) is 0 Å². The normalized spacial score (nSPS) is 16.3. The average molecular weight is 308 g/mol. The first kappa shape index (κ1) is 15.7. The Balaban J connectivity index is 1.76. The predicted octanol–water partition coefficient (Wildman–Crippen LogP) is 3.94. The maximum atomic E-state index is 12.6. The van der Waals surface area contributed by atoms with Crippen LogP contribution in [0.4, 0.5) is 0 Å². The molecule has 0 aliphatic heterocycles. The van der Waals surface area contributed by atoms with Crippen molar-refractivity contribution < 1.29 is 4.79 Å². The summed E-state index contributed by atoms with van der Waals surface area (Å²) in [5, 5.41) is 3.16. The molecule has 2 aromatic rings. The minimum atomic E-state index is -0.0165. The van der Waals surface area contributed by atoms with Crippen molar-refractivity contribution in [2.45, 2.75) is 44.9 Å². The standard InChI is InChI=1S/C20H24N2O/c1-15-10-11-18(16(2)22-15)19(23)21-14-20(12-6-7-13-20)17-8-4-3-5-9-17/h3-5,8-11H,6-7,12-14H2,1-2H3,(H,21,23). The highest BCUT2D eigenvalue weighted by Crippen LogP contribution is 2.40. The lowest BCUT2D eigenvalue weighted by atomic mass is 9.79. The molecular weight excluding hydrogens is 284 g/mol. The fourth-order valence-corrected chi connectivity index (χ4v) is 3.68. The molecule has 1 amide bonds. The second-order valence-electron chi connectivity index (χ2n) is 6.62. The van der Waals surface area contributed by atoms with Gasteiger partial charge in [-0.15, -0.1) is 0 Å². The summed E-state index contributed by atoms with van der Waals surface area (Å²) in [5.74, 6) is -0.0165. The van der Waals surface area contributed by atoms with E-state index in [1.807, 2.05) is 32.0 Å². The van der Waals surface area contributed by atoms with Crippen LogP contribution in [0.3, 0.4) is 0 Å². The molecule has 1 heterocycles. The lowest BCUT2D eigenvalue weighted by molar-refractivity contribution is 0.0942. The Bertz CT molecular complexity index is 688. The van der Waals surface area contributed by atoms with Crippen LogP contribution in [0.15, 0.2) is 42.5 Å². The second kappa shape index (κ2) is 6.53. The highest BCUT2D eigenvalue weighted by Gasteiger charge is 2.35. The molecule has 1 aromatic carbocycles. The molecule has 3 rings (SSSR count). The number of nitrogens with one attached hydrogen (secondary N) is 1. The Kier molecular flexibility index (Phi) is 4.46. The van der Waals surface area contributed by atoms with Crippen molar-refractivity contribution in [1.29, 1.82) is 0 Å². The molecule has 120 valence electrons. The largest absolute Gasteiger partial charge is 0.351 e. The third-order valence-electron chi connectivity index (χ3n) is 5.00. The fraction of sp³-hybridized carbons (Fsp3) is 0.400. The zero-order chi connectivity index (χ0) is 16.3. The first-order chi connectivity index (χ1) is 11.1. The summed E-state index contributed by atoms with van der Waals surface area (Å²) in [5.41, 5.74) is 3.84. The van der Waals surface area contributed by atoms with Crippen molar-refractivity contribution in [3.63, 3.8) is 0 Å². The zero-order valence-corrected chi connectivity index (χ0v) is 13.9. The SMILES string of the molecule is Cc1ccc(C(=O)NCC2(c3ccccc3)CCCC2)c(C)n1. The van der Waals surface area contributed by atoms with Gasteiger partial charge >= 0.3 is 0 Å². The molecule has 1 aromatic heterocycles. The van der Waals surface area contributed by atoms with Crippen LogP contribution in [-0.2, 0) is 5.41 Å².